The van der Waals surface area contributed by atoms with Crippen molar-refractivity contribution in [3.8, 4) is 0 Å². The van der Waals surface area contributed by atoms with Crippen LogP contribution in [-0.4, -0.2) is 18.4 Å². The Kier molecular flexibility index (Phi) is 3.58. The normalized spacial score (nSPS) is 11.2. The number of nitrogens with zero attached hydrogens (tertiary/aromatic N) is 2. The van der Waals surface area contributed by atoms with Gasteiger partial charge in [0.05, 0.1) is 17.3 Å². The second-order valence-electron chi connectivity index (χ2n) is 3.28. The summed E-state index contributed by atoms with van der Waals surface area (Å²) in [5.41, 5.74) is 0. The van der Waals surface area contributed by atoms with Crippen molar-refractivity contribution in [3.05, 3.63) is 47.1 Å². The molecule has 1 aromatic heterocycles. The fourth-order valence-corrected chi connectivity index (χ4v) is 2.37. The van der Waals surface area contributed by atoms with Gasteiger partial charge in [0.25, 0.3) is 10.0 Å². The number of halogens is 2. The number of nitrogens with one attached hydrogen (secondary N) is 1. The molecule has 0 aliphatic heterocycles. The predicted octanol–water partition coefficient (Wildman–Crippen LogP) is 2.18. The highest BCUT2D eigenvalue weighted by atomic mass is 79.9. The maximum Gasteiger partial charge on any atom is 0.263 e. The zero-order chi connectivity index (χ0) is 13.2. The zero-order valence-corrected chi connectivity index (χ0v) is 11.2. The van der Waals surface area contributed by atoms with Crippen LogP contribution in [0.4, 0.5) is 10.2 Å². The fourth-order valence-electron chi connectivity index (χ4n) is 1.18. The minimum Gasteiger partial charge on any atom is -0.262 e. The molecule has 8 heteroatoms. The highest BCUT2D eigenvalue weighted by Gasteiger charge is 2.14. The number of hydrogen-bond acceptors (Lipinski definition) is 4. The Morgan fingerprint density at radius 2 is 1.78 bits per heavy atom. The lowest BCUT2D eigenvalue weighted by molar-refractivity contribution is 0.599. The summed E-state index contributed by atoms with van der Waals surface area (Å²) in [4.78, 5) is 7.62. The molecule has 0 saturated heterocycles. The van der Waals surface area contributed by atoms with Gasteiger partial charge in [-0.25, -0.2) is 22.8 Å². The van der Waals surface area contributed by atoms with E-state index in [0.29, 0.717) is 4.60 Å². The molecule has 0 atom stereocenters. The number of anilines is 1. The Bertz CT molecular complexity index is 644. The molecular formula is C10H7BrFN3O2S. The van der Waals surface area contributed by atoms with Gasteiger partial charge in [0.15, 0.2) is 5.82 Å². The minimum atomic E-state index is -3.78. The first kappa shape index (κ1) is 12.9. The topological polar surface area (TPSA) is 72.0 Å². The average molecular weight is 332 g/mol. The Morgan fingerprint density at radius 3 is 2.33 bits per heavy atom. The molecule has 0 aliphatic carbocycles. The van der Waals surface area contributed by atoms with Gasteiger partial charge in [-0.2, -0.15) is 0 Å². The molecule has 0 spiro atoms. The first-order valence-corrected chi connectivity index (χ1v) is 7.01. The number of rotatable bonds is 3. The third-order valence-corrected chi connectivity index (χ3v) is 3.76. The molecule has 0 saturated carbocycles. The van der Waals surface area contributed by atoms with Crippen LogP contribution in [0.1, 0.15) is 0 Å². The Balaban J connectivity index is 2.27. The van der Waals surface area contributed by atoms with E-state index in [1.54, 1.807) is 0 Å². The van der Waals surface area contributed by atoms with E-state index < -0.39 is 15.8 Å². The predicted molar refractivity (Wildman–Crippen MR) is 66.9 cm³/mol. The van der Waals surface area contributed by atoms with Gasteiger partial charge in [-0.3, -0.25) is 4.72 Å². The van der Waals surface area contributed by atoms with Crippen LogP contribution in [0.15, 0.2) is 46.2 Å². The Morgan fingerprint density at radius 1 is 1.11 bits per heavy atom. The van der Waals surface area contributed by atoms with E-state index in [0.717, 1.165) is 12.1 Å². The van der Waals surface area contributed by atoms with Crippen molar-refractivity contribution < 1.29 is 12.8 Å². The molecule has 0 unspecified atom stereocenters. The maximum atomic E-state index is 12.7. The summed E-state index contributed by atoms with van der Waals surface area (Å²) in [7, 11) is -3.78. The van der Waals surface area contributed by atoms with Crippen LogP contribution >= 0.6 is 15.9 Å². The van der Waals surface area contributed by atoms with Crippen molar-refractivity contribution in [2.45, 2.75) is 4.90 Å². The van der Waals surface area contributed by atoms with Gasteiger partial charge in [0.2, 0.25) is 0 Å². The van der Waals surface area contributed by atoms with Crippen molar-refractivity contribution in [3.63, 3.8) is 0 Å². The molecule has 0 aliphatic rings. The molecule has 1 aromatic carbocycles. The van der Waals surface area contributed by atoms with Gasteiger partial charge < -0.3 is 0 Å². The van der Waals surface area contributed by atoms with E-state index in [-0.39, 0.29) is 10.7 Å². The largest absolute Gasteiger partial charge is 0.263 e. The van der Waals surface area contributed by atoms with Gasteiger partial charge in [-0.15, -0.1) is 0 Å². The molecule has 0 bridgehead atoms. The number of sulfonamides is 1. The summed E-state index contributed by atoms with van der Waals surface area (Å²) < 4.78 is 39.2. The molecule has 1 heterocycles. The van der Waals surface area contributed by atoms with Crippen molar-refractivity contribution in [2.75, 3.05) is 4.72 Å². The third-order valence-electron chi connectivity index (χ3n) is 1.98. The second-order valence-corrected chi connectivity index (χ2v) is 5.78. The van der Waals surface area contributed by atoms with Crippen molar-refractivity contribution in [1.29, 1.82) is 0 Å². The molecule has 2 aromatic rings. The third kappa shape index (κ3) is 3.02. The average Bonchev–Trinajstić information content (AvgIpc) is 2.32. The van der Waals surface area contributed by atoms with Crippen molar-refractivity contribution in [2.24, 2.45) is 0 Å². The van der Waals surface area contributed by atoms with Crippen LogP contribution in [0, 0.1) is 5.82 Å². The summed E-state index contributed by atoms with van der Waals surface area (Å²) >= 11 is 3.09. The van der Waals surface area contributed by atoms with Gasteiger partial charge in [0, 0.05) is 0 Å². The van der Waals surface area contributed by atoms with Crippen molar-refractivity contribution >= 4 is 31.8 Å². The molecule has 0 radical (unpaired) electrons. The molecule has 5 nitrogen and oxygen atoms in total. The van der Waals surface area contributed by atoms with Crippen LogP contribution < -0.4 is 4.72 Å². The van der Waals surface area contributed by atoms with E-state index in [4.69, 9.17) is 0 Å². The van der Waals surface area contributed by atoms with Crippen LogP contribution in [-0.2, 0) is 10.0 Å². The van der Waals surface area contributed by atoms with Crippen LogP contribution in [0.3, 0.4) is 0 Å². The SMILES string of the molecule is O=S(=O)(Nc1cnc(Br)cn1)c1ccc(F)cc1. The van der Waals surface area contributed by atoms with Crippen LogP contribution in [0.25, 0.3) is 0 Å². The number of hydrogen-bond donors (Lipinski definition) is 1. The molecule has 0 amide bonds. The van der Waals surface area contributed by atoms with Gasteiger partial charge >= 0.3 is 0 Å². The van der Waals surface area contributed by atoms with E-state index in [9.17, 15) is 12.8 Å². The summed E-state index contributed by atoms with van der Waals surface area (Å²) in [6, 6.07) is 4.48. The lowest BCUT2D eigenvalue weighted by atomic mass is 10.4. The number of aromatic nitrogens is 2. The van der Waals surface area contributed by atoms with Gasteiger partial charge in [-0.05, 0) is 40.2 Å². The standard InChI is InChI=1S/C10H7BrFN3O2S/c11-9-5-14-10(6-13-9)15-18(16,17)8-3-1-7(12)2-4-8/h1-6H,(H,14,15). The van der Waals surface area contributed by atoms with Crippen LogP contribution in [0.2, 0.25) is 0 Å². The lowest BCUT2D eigenvalue weighted by Crippen LogP contribution is -2.14. The first-order valence-electron chi connectivity index (χ1n) is 4.73. The quantitative estimate of drug-likeness (QED) is 0.935. The molecule has 18 heavy (non-hydrogen) atoms. The summed E-state index contributed by atoms with van der Waals surface area (Å²) in [5, 5.41) is 0. The maximum absolute atomic E-state index is 12.7. The number of benzene rings is 1. The highest BCUT2D eigenvalue weighted by Crippen LogP contribution is 2.14. The zero-order valence-electron chi connectivity index (χ0n) is 8.84. The van der Waals surface area contributed by atoms with E-state index in [1.165, 1.54) is 24.5 Å². The van der Waals surface area contributed by atoms with Gasteiger partial charge in [0.1, 0.15) is 10.4 Å². The smallest absolute Gasteiger partial charge is 0.262 e. The summed E-state index contributed by atoms with van der Waals surface area (Å²) in [5.74, 6) is -0.417. The second kappa shape index (κ2) is 4.99. The first-order chi connectivity index (χ1) is 8.47. The van der Waals surface area contributed by atoms with E-state index in [1.807, 2.05) is 0 Å². The molecule has 94 valence electrons. The minimum absolute atomic E-state index is 0.0476. The van der Waals surface area contributed by atoms with E-state index in [2.05, 4.69) is 30.6 Å². The highest BCUT2D eigenvalue weighted by molar-refractivity contribution is 9.10. The molecule has 0 fully saturated rings. The molecule has 1 N–H and O–H groups in total. The Hall–Kier alpha value is -1.54. The summed E-state index contributed by atoms with van der Waals surface area (Å²) in [6.07, 6.45) is 2.63. The van der Waals surface area contributed by atoms with Gasteiger partial charge in [-0.1, -0.05) is 0 Å². The molecular weight excluding hydrogens is 325 g/mol. The monoisotopic (exact) mass is 331 g/mol. The van der Waals surface area contributed by atoms with Crippen LogP contribution in [0.5, 0.6) is 0 Å². The molecule has 2 rings (SSSR count). The van der Waals surface area contributed by atoms with E-state index >= 15 is 0 Å². The van der Waals surface area contributed by atoms with Crippen molar-refractivity contribution in [1.82, 2.24) is 9.97 Å². The Labute approximate surface area is 111 Å². The summed E-state index contributed by atoms with van der Waals surface area (Å²) in [6.45, 7) is 0. The fraction of sp³-hybridized carbons (Fsp3) is 0. The lowest BCUT2D eigenvalue weighted by Gasteiger charge is -2.06.